The smallest absolute Gasteiger partial charge is 0.253 e. The van der Waals surface area contributed by atoms with E-state index in [1.54, 1.807) is 11.8 Å². The molecule has 1 saturated carbocycles. The minimum atomic E-state index is 0.0680. The number of fused-ring (bicyclic) bond motifs is 1. The van der Waals surface area contributed by atoms with Gasteiger partial charge in [0, 0.05) is 37.8 Å². The molecule has 0 spiro atoms. The monoisotopic (exact) mass is 314 g/mol. The molecular weight excluding hydrogens is 288 g/mol. The molecule has 1 aromatic rings. The summed E-state index contributed by atoms with van der Waals surface area (Å²) in [6, 6.07) is 6.15. The molecular formula is C19H26N2O2. The Kier molecular flexibility index (Phi) is 4.69. The molecule has 0 bridgehead atoms. The van der Waals surface area contributed by atoms with Crippen LogP contribution in [0.5, 0.6) is 0 Å². The average Bonchev–Trinajstić information content (AvgIpc) is 2.78. The fourth-order valence-electron chi connectivity index (χ4n) is 3.88. The van der Waals surface area contributed by atoms with Crippen molar-refractivity contribution < 1.29 is 9.59 Å². The summed E-state index contributed by atoms with van der Waals surface area (Å²) in [5.41, 5.74) is 2.83. The summed E-state index contributed by atoms with van der Waals surface area (Å²) in [7, 11) is 1.94. The van der Waals surface area contributed by atoms with Crippen LogP contribution in [0, 0.1) is 0 Å². The van der Waals surface area contributed by atoms with Gasteiger partial charge in [-0.1, -0.05) is 25.7 Å². The van der Waals surface area contributed by atoms with Crippen LogP contribution in [-0.4, -0.2) is 36.3 Å². The maximum atomic E-state index is 12.8. The summed E-state index contributed by atoms with van der Waals surface area (Å²) < 4.78 is 0. The second kappa shape index (κ2) is 6.73. The summed E-state index contributed by atoms with van der Waals surface area (Å²) in [6.45, 7) is 2.31. The van der Waals surface area contributed by atoms with Crippen molar-refractivity contribution in [1.82, 2.24) is 4.90 Å². The second-order valence-electron chi connectivity index (χ2n) is 6.83. The van der Waals surface area contributed by atoms with Crippen LogP contribution in [0.2, 0.25) is 0 Å². The number of hydrogen-bond donors (Lipinski definition) is 0. The van der Waals surface area contributed by atoms with Crippen molar-refractivity contribution in [3.05, 3.63) is 29.3 Å². The van der Waals surface area contributed by atoms with Gasteiger partial charge in [-0.25, -0.2) is 0 Å². The first-order valence-corrected chi connectivity index (χ1v) is 8.76. The Labute approximate surface area is 138 Å². The molecule has 0 atom stereocenters. The van der Waals surface area contributed by atoms with E-state index in [0.29, 0.717) is 6.04 Å². The zero-order valence-electron chi connectivity index (χ0n) is 14.2. The average molecular weight is 314 g/mol. The molecule has 1 aliphatic heterocycles. The number of carbonyl (C=O) groups is 2. The van der Waals surface area contributed by atoms with Crippen molar-refractivity contribution in [2.75, 3.05) is 18.5 Å². The van der Waals surface area contributed by atoms with Gasteiger partial charge in [0.2, 0.25) is 5.91 Å². The summed E-state index contributed by atoms with van der Waals surface area (Å²) in [5, 5.41) is 0. The lowest BCUT2D eigenvalue weighted by atomic mass is 10.0. The van der Waals surface area contributed by atoms with Crippen LogP contribution < -0.4 is 4.90 Å². The lowest BCUT2D eigenvalue weighted by molar-refractivity contribution is -0.116. The summed E-state index contributed by atoms with van der Waals surface area (Å²) in [5.74, 6) is 0.180. The van der Waals surface area contributed by atoms with Crippen molar-refractivity contribution in [1.29, 1.82) is 0 Å². The Morgan fingerprint density at radius 3 is 2.48 bits per heavy atom. The van der Waals surface area contributed by atoms with Gasteiger partial charge in [-0.2, -0.15) is 0 Å². The van der Waals surface area contributed by atoms with E-state index in [1.807, 2.05) is 30.1 Å². The molecule has 1 aliphatic carbocycles. The number of benzene rings is 1. The third-order valence-corrected chi connectivity index (χ3v) is 5.29. The van der Waals surface area contributed by atoms with Gasteiger partial charge in [-0.05, 0) is 43.0 Å². The van der Waals surface area contributed by atoms with E-state index in [1.165, 1.54) is 25.7 Å². The van der Waals surface area contributed by atoms with E-state index in [0.717, 1.165) is 42.6 Å². The Bertz CT molecular complexity index is 603. The number of carbonyl (C=O) groups excluding carboxylic acids is 2. The SMILES string of the molecule is CC(=O)N1CCc2cc(C(=O)N(C)C3CCCCCC3)ccc21. The molecule has 0 saturated heterocycles. The molecule has 124 valence electrons. The number of rotatable bonds is 2. The van der Waals surface area contributed by atoms with Crippen LogP contribution in [0.3, 0.4) is 0 Å². The molecule has 1 heterocycles. The highest BCUT2D eigenvalue weighted by molar-refractivity contribution is 5.97. The van der Waals surface area contributed by atoms with E-state index in [9.17, 15) is 9.59 Å². The lowest BCUT2D eigenvalue weighted by Gasteiger charge is -2.27. The van der Waals surface area contributed by atoms with Gasteiger partial charge in [-0.3, -0.25) is 9.59 Å². The third-order valence-electron chi connectivity index (χ3n) is 5.29. The molecule has 2 aliphatic rings. The van der Waals surface area contributed by atoms with E-state index < -0.39 is 0 Å². The topological polar surface area (TPSA) is 40.6 Å². The van der Waals surface area contributed by atoms with Crippen molar-refractivity contribution >= 4 is 17.5 Å². The van der Waals surface area contributed by atoms with Gasteiger partial charge < -0.3 is 9.80 Å². The van der Waals surface area contributed by atoms with Crippen molar-refractivity contribution in [2.24, 2.45) is 0 Å². The fourth-order valence-corrected chi connectivity index (χ4v) is 3.88. The third kappa shape index (κ3) is 3.26. The molecule has 0 N–H and O–H groups in total. The molecule has 4 nitrogen and oxygen atoms in total. The van der Waals surface area contributed by atoms with E-state index in [-0.39, 0.29) is 11.8 Å². The van der Waals surface area contributed by atoms with E-state index >= 15 is 0 Å². The predicted molar refractivity (Wildman–Crippen MR) is 91.8 cm³/mol. The van der Waals surface area contributed by atoms with Crippen LogP contribution in [0.15, 0.2) is 18.2 Å². The zero-order valence-corrected chi connectivity index (χ0v) is 14.2. The highest BCUT2D eigenvalue weighted by atomic mass is 16.2. The van der Waals surface area contributed by atoms with E-state index in [4.69, 9.17) is 0 Å². The maximum Gasteiger partial charge on any atom is 0.253 e. The first-order chi connectivity index (χ1) is 11.1. The number of nitrogens with zero attached hydrogens (tertiary/aromatic N) is 2. The normalized spacial score (nSPS) is 18.4. The van der Waals surface area contributed by atoms with Crippen LogP contribution in [0.25, 0.3) is 0 Å². The number of hydrogen-bond acceptors (Lipinski definition) is 2. The van der Waals surface area contributed by atoms with Crippen LogP contribution in [-0.2, 0) is 11.2 Å². The molecule has 1 aromatic carbocycles. The van der Waals surface area contributed by atoms with Crippen molar-refractivity contribution in [2.45, 2.75) is 57.9 Å². The maximum absolute atomic E-state index is 12.8. The molecule has 2 amide bonds. The van der Waals surface area contributed by atoms with Gasteiger partial charge in [0.1, 0.15) is 0 Å². The van der Waals surface area contributed by atoms with E-state index in [2.05, 4.69) is 0 Å². The van der Waals surface area contributed by atoms with Gasteiger partial charge in [0.15, 0.2) is 0 Å². The van der Waals surface area contributed by atoms with Gasteiger partial charge in [0.25, 0.3) is 5.91 Å². The standard InChI is InChI=1S/C19H26N2O2/c1-14(22)21-12-11-15-13-16(9-10-18(15)21)19(23)20(2)17-7-5-3-4-6-8-17/h9-10,13,17H,3-8,11-12H2,1-2H3. The molecule has 0 radical (unpaired) electrons. The molecule has 1 fully saturated rings. The predicted octanol–water partition coefficient (Wildman–Crippen LogP) is 3.39. The van der Waals surface area contributed by atoms with Gasteiger partial charge in [-0.15, -0.1) is 0 Å². The van der Waals surface area contributed by atoms with Gasteiger partial charge in [0.05, 0.1) is 0 Å². The highest BCUT2D eigenvalue weighted by Gasteiger charge is 2.26. The van der Waals surface area contributed by atoms with Gasteiger partial charge >= 0.3 is 0 Å². The van der Waals surface area contributed by atoms with Crippen molar-refractivity contribution in [3.8, 4) is 0 Å². The first-order valence-electron chi connectivity index (χ1n) is 8.76. The summed E-state index contributed by atoms with van der Waals surface area (Å²) in [6.07, 6.45) is 8.09. The molecule has 0 unspecified atom stereocenters. The Morgan fingerprint density at radius 2 is 1.83 bits per heavy atom. The van der Waals surface area contributed by atoms with Crippen LogP contribution >= 0.6 is 0 Å². The quantitative estimate of drug-likeness (QED) is 0.785. The Balaban J connectivity index is 1.76. The highest BCUT2D eigenvalue weighted by Crippen LogP contribution is 2.30. The zero-order chi connectivity index (χ0) is 16.4. The Hall–Kier alpha value is -1.84. The minimum absolute atomic E-state index is 0.0680. The molecule has 3 rings (SSSR count). The summed E-state index contributed by atoms with van der Waals surface area (Å²) in [4.78, 5) is 28.2. The Morgan fingerprint density at radius 1 is 1.13 bits per heavy atom. The number of amides is 2. The second-order valence-corrected chi connectivity index (χ2v) is 6.83. The van der Waals surface area contributed by atoms with Crippen LogP contribution in [0.4, 0.5) is 5.69 Å². The molecule has 4 heteroatoms. The fraction of sp³-hybridized carbons (Fsp3) is 0.579. The lowest BCUT2D eigenvalue weighted by Crippen LogP contribution is -2.36. The first kappa shape index (κ1) is 16.0. The largest absolute Gasteiger partial charge is 0.339 e. The summed E-state index contributed by atoms with van der Waals surface area (Å²) >= 11 is 0. The van der Waals surface area contributed by atoms with Crippen LogP contribution in [0.1, 0.15) is 61.4 Å². The molecule has 0 aromatic heterocycles. The number of anilines is 1. The van der Waals surface area contributed by atoms with Crippen molar-refractivity contribution in [3.63, 3.8) is 0 Å². The minimum Gasteiger partial charge on any atom is -0.339 e. The molecule has 23 heavy (non-hydrogen) atoms.